The summed E-state index contributed by atoms with van der Waals surface area (Å²) in [4.78, 5) is 0. The molecule has 2 atom stereocenters. The molecule has 0 aromatic rings. The van der Waals surface area contributed by atoms with Crippen molar-refractivity contribution in [3.8, 4) is 0 Å². The summed E-state index contributed by atoms with van der Waals surface area (Å²) in [5, 5.41) is 0. The van der Waals surface area contributed by atoms with Crippen molar-refractivity contribution in [2.45, 2.75) is 19.3 Å². The third-order valence-electron chi connectivity index (χ3n) is 2.82. The van der Waals surface area contributed by atoms with Crippen molar-refractivity contribution in [2.24, 2.45) is 11.8 Å². The van der Waals surface area contributed by atoms with Crippen LogP contribution in [0.5, 0.6) is 0 Å². The summed E-state index contributed by atoms with van der Waals surface area (Å²) in [6, 6.07) is 0. The molecule has 18 heavy (non-hydrogen) atoms. The Labute approximate surface area is 138 Å². The summed E-state index contributed by atoms with van der Waals surface area (Å²) in [5.41, 5.74) is 0. The predicted octanol–water partition coefficient (Wildman–Crippen LogP) is -2.38. The van der Waals surface area contributed by atoms with E-state index in [2.05, 4.69) is 47.1 Å². The van der Waals surface area contributed by atoms with Crippen LogP contribution in [0.15, 0.2) is 42.5 Å². The smallest absolute Gasteiger partial charge is 1.00 e. The van der Waals surface area contributed by atoms with Crippen LogP contribution in [0.25, 0.3) is 0 Å². The Morgan fingerprint density at radius 2 is 1.83 bits per heavy atom. The maximum absolute atomic E-state index is 3.34. The van der Waals surface area contributed by atoms with Crippen LogP contribution in [0.2, 0.25) is 0 Å². The van der Waals surface area contributed by atoms with E-state index in [1.54, 1.807) is 0 Å². The summed E-state index contributed by atoms with van der Waals surface area (Å²) in [5.74, 6) is 1.62. The normalized spacial score (nSPS) is 24.8. The summed E-state index contributed by atoms with van der Waals surface area (Å²) < 4.78 is 3.34. The van der Waals surface area contributed by atoms with Crippen LogP contribution in [0.1, 0.15) is 19.3 Å². The fourth-order valence-electron chi connectivity index (χ4n) is 2.03. The molecule has 3 rings (SSSR count). The van der Waals surface area contributed by atoms with Gasteiger partial charge in [-0.25, -0.2) is 12.2 Å². The fraction of sp³-hybridized carbons (Fsp3) is 0.333. The van der Waals surface area contributed by atoms with Gasteiger partial charge >= 0.3 is 28.4 Å². The van der Waals surface area contributed by atoms with Crippen molar-refractivity contribution in [2.75, 3.05) is 0 Å². The first-order valence-electron chi connectivity index (χ1n) is 5.72. The Morgan fingerprint density at radius 1 is 1.11 bits per heavy atom. The van der Waals surface area contributed by atoms with E-state index in [-0.39, 0.29) is 24.8 Å². The van der Waals surface area contributed by atoms with Gasteiger partial charge in [-0.05, 0) is 5.92 Å². The molecule has 0 aromatic carbocycles. The predicted molar refractivity (Wildman–Crippen MR) is 67.5 cm³/mol. The average molecular weight is 360 g/mol. The van der Waals surface area contributed by atoms with Gasteiger partial charge < -0.3 is 31.2 Å². The van der Waals surface area contributed by atoms with Crippen LogP contribution in [-0.4, -0.2) is 4.21 Å². The van der Waals surface area contributed by atoms with E-state index in [4.69, 9.17) is 0 Å². The summed E-state index contributed by atoms with van der Waals surface area (Å²) in [6.07, 6.45) is 24.1. The van der Waals surface area contributed by atoms with E-state index >= 15 is 0 Å². The van der Waals surface area contributed by atoms with Crippen LogP contribution < -0.4 is 24.8 Å². The average Bonchev–Trinajstić information content (AvgIpc) is 3.06. The second-order valence-electron chi connectivity index (χ2n) is 3.83. The van der Waals surface area contributed by atoms with Crippen molar-refractivity contribution < 1.29 is 49.0 Å². The van der Waals surface area contributed by atoms with Gasteiger partial charge in [-0.2, -0.15) is 12.5 Å². The number of halogens is 2. The SMILES string of the molecule is C1=CC2[CH-]CCC2C=C1.[C-]1=CC=CC1.[CH2]=[Zr+2].[Cl-].[Cl-]. The van der Waals surface area contributed by atoms with Crippen LogP contribution in [-0.2, 0) is 24.2 Å². The van der Waals surface area contributed by atoms with Crippen LogP contribution >= 0.6 is 0 Å². The maximum atomic E-state index is 3.34. The third kappa shape index (κ3) is 7.67. The molecule has 0 nitrogen and oxygen atoms in total. The number of fused-ring (bicyclic) bond motifs is 1. The molecule has 2 unspecified atom stereocenters. The van der Waals surface area contributed by atoms with E-state index in [1.807, 2.05) is 12.2 Å². The molecule has 3 aliphatic rings. The minimum Gasteiger partial charge on any atom is -1.00 e. The standard InChI is InChI=1S/C9H11.C5H5.CH2.2ClH.Zr/c1-2-5-9-7-3-6-8(9)4-1;1-2-4-5-3-1;;;;/h1-2,4-6,8-9H,3,7H2;1-3H,4H2;1H2;2*1H;/q2*-1;;;;+2/p-2. The van der Waals surface area contributed by atoms with Crippen molar-refractivity contribution in [3.05, 3.63) is 55.0 Å². The second-order valence-corrected chi connectivity index (χ2v) is 3.83. The van der Waals surface area contributed by atoms with Crippen molar-refractivity contribution in [1.29, 1.82) is 0 Å². The third-order valence-corrected chi connectivity index (χ3v) is 2.82. The number of allylic oxidation sites excluding steroid dienone is 8. The van der Waals surface area contributed by atoms with Gasteiger partial charge in [0.05, 0.1) is 0 Å². The van der Waals surface area contributed by atoms with E-state index in [0.717, 1.165) is 18.3 Å². The zero-order valence-electron chi connectivity index (χ0n) is 10.4. The largest absolute Gasteiger partial charge is 1.00 e. The minimum absolute atomic E-state index is 0. The van der Waals surface area contributed by atoms with Gasteiger partial charge in [-0.1, -0.05) is 24.6 Å². The molecule has 3 aliphatic carbocycles. The van der Waals surface area contributed by atoms with Crippen LogP contribution in [0.3, 0.4) is 0 Å². The zero-order valence-corrected chi connectivity index (χ0v) is 14.3. The summed E-state index contributed by atoms with van der Waals surface area (Å²) in [6.45, 7) is 0. The van der Waals surface area contributed by atoms with Gasteiger partial charge in [-0.15, -0.1) is 18.4 Å². The molecule has 0 saturated heterocycles. The Kier molecular flexibility index (Phi) is 15.7. The minimum atomic E-state index is 0. The molecule has 0 radical (unpaired) electrons. The monoisotopic (exact) mass is 358 g/mol. The van der Waals surface area contributed by atoms with Gasteiger partial charge in [0.1, 0.15) is 0 Å². The number of hydrogen-bond donors (Lipinski definition) is 0. The zero-order chi connectivity index (χ0) is 11.6. The van der Waals surface area contributed by atoms with Gasteiger partial charge in [0.25, 0.3) is 0 Å². The molecule has 0 aliphatic heterocycles. The molecule has 0 aromatic heterocycles. The molecule has 1 fully saturated rings. The molecule has 0 bridgehead atoms. The van der Waals surface area contributed by atoms with Gasteiger partial charge in [0, 0.05) is 0 Å². The number of hydrogen-bond acceptors (Lipinski definition) is 0. The van der Waals surface area contributed by atoms with E-state index in [1.165, 1.54) is 37.1 Å². The van der Waals surface area contributed by atoms with E-state index in [9.17, 15) is 0 Å². The Morgan fingerprint density at radius 3 is 2.33 bits per heavy atom. The molecule has 3 heteroatoms. The first kappa shape index (κ1) is 20.6. The van der Waals surface area contributed by atoms with Crippen LogP contribution in [0, 0.1) is 24.3 Å². The molecular formula is C15H18Cl2Zr-2. The fourth-order valence-corrected chi connectivity index (χ4v) is 2.03. The molecule has 0 spiro atoms. The first-order valence-corrected chi connectivity index (χ1v) is 7.46. The molecule has 98 valence electrons. The molecular weight excluding hydrogens is 342 g/mol. The topological polar surface area (TPSA) is 0 Å². The Bertz CT molecular complexity index is 278. The first-order chi connectivity index (χ1) is 7.97. The van der Waals surface area contributed by atoms with Crippen molar-refractivity contribution in [1.82, 2.24) is 0 Å². The second kappa shape index (κ2) is 13.7. The molecule has 0 heterocycles. The van der Waals surface area contributed by atoms with Crippen molar-refractivity contribution >= 4 is 4.21 Å². The molecule has 1 saturated carbocycles. The molecule has 0 amide bonds. The van der Waals surface area contributed by atoms with Gasteiger partial charge in [0.2, 0.25) is 0 Å². The van der Waals surface area contributed by atoms with E-state index in [0.29, 0.717) is 0 Å². The van der Waals surface area contributed by atoms with Crippen LogP contribution in [0.4, 0.5) is 0 Å². The maximum Gasteiger partial charge on any atom is -1.00 e. The Hall–Kier alpha value is 0.293. The van der Waals surface area contributed by atoms with Gasteiger partial charge in [0.15, 0.2) is 0 Å². The summed E-state index contributed by atoms with van der Waals surface area (Å²) >= 11 is 1.30. The summed E-state index contributed by atoms with van der Waals surface area (Å²) in [7, 11) is 0. The number of rotatable bonds is 0. The van der Waals surface area contributed by atoms with E-state index < -0.39 is 0 Å². The molecule has 0 N–H and O–H groups in total. The van der Waals surface area contributed by atoms with Gasteiger partial charge in [-0.3, -0.25) is 6.08 Å². The van der Waals surface area contributed by atoms with Crippen molar-refractivity contribution in [3.63, 3.8) is 0 Å². The quantitative estimate of drug-likeness (QED) is 0.424. The Balaban J connectivity index is 0.